The van der Waals surface area contributed by atoms with Gasteiger partial charge in [0.1, 0.15) is 12.4 Å². The Bertz CT molecular complexity index is 592. The molecule has 1 aliphatic rings. The monoisotopic (exact) mass is 366 g/mol. The molecule has 8 heteroatoms. The summed E-state index contributed by atoms with van der Waals surface area (Å²) in [7, 11) is 3.33. The van der Waals surface area contributed by atoms with Gasteiger partial charge >= 0.3 is 5.97 Å². The highest BCUT2D eigenvalue weighted by molar-refractivity contribution is 5.94. The van der Waals surface area contributed by atoms with Crippen molar-refractivity contribution in [3.05, 3.63) is 29.8 Å². The number of hydrogen-bond donors (Lipinski definition) is 1. The fraction of sp³-hybridized carbons (Fsp3) is 0.556. The molecule has 1 N–H and O–H groups in total. The third kappa shape index (κ3) is 6.29. The zero-order valence-corrected chi connectivity index (χ0v) is 15.2. The van der Waals surface area contributed by atoms with Crippen LogP contribution in [0.1, 0.15) is 10.4 Å². The highest BCUT2D eigenvalue weighted by Crippen LogP contribution is 2.16. The second-order valence-corrected chi connectivity index (χ2v) is 6.20. The summed E-state index contributed by atoms with van der Waals surface area (Å²) in [4.78, 5) is 26.9. The zero-order valence-electron chi connectivity index (χ0n) is 15.2. The number of aliphatic carboxylic acids is 1. The van der Waals surface area contributed by atoms with Gasteiger partial charge in [0.05, 0.1) is 25.9 Å². The second-order valence-electron chi connectivity index (χ2n) is 6.20. The molecule has 0 aromatic heterocycles. The fourth-order valence-electron chi connectivity index (χ4n) is 2.78. The number of methoxy groups -OCH3 is 1. The average molecular weight is 366 g/mol. The summed E-state index contributed by atoms with van der Waals surface area (Å²) in [5.74, 6) is -0.263. The first-order chi connectivity index (χ1) is 12.5. The van der Waals surface area contributed by atoms with E-state index in [4.69, 9.17) is 19.3 Å². The van der Waals surface area contributed by atoms with Crippen LogP contribution in [0.4, 0.5) is 0 Å². The van der Waals surface area contributed by atoms with Gasteiger partial charge in [-0.05, 0) is 31.3 Å². The molecule has 1 saturated heterocycles. The molecule has 1 heterocycles. The Morgan fingerprint density at radius 2 is 2.04 bits per heavy atom. The van der Waals surface area contributed by atoms with Crippen LogP contribution in [0.5, 0.6) is 5.75 Å². The number of nitrogens with zero attached hydrogens (tertiary/aromatic N) is 2. The zero-order chi connectivity index (χ0) is 18.9. The van der Waals surface area contributed by atoms with Crippen LogP contribution in [0.15, 0.2) is 24.3 Å². The third-order valence-electron chi connectivity index (χ3n) is 4.00. The van der Waals surface area contributed by atoms with Crippen molar-refractivity contribution in [3.63, 3.8) is 0 Å². The summed E-state index contributed by atoms with van der Waals surface area (Å²) in [5, 5.41) is 8.83. The first-order valence-corrected chi connectivity index (χ1v) is 8.52. The fourth-order valence-corrected chi connectivity index (χ4v) is 2.78. The highest BCUT2D eigenvalue weighted by atomic mass is 16.5. The average Bonchev–Trinajstić information content (AvgIpc) is 2.61. The number of morpholine rings is 1. The summed E-state index contributed by atoms with van der Waals surface area (Å²) >= 11 is 0. The van der Waals surface area contributed by atoms with Crippen molar-refractivity contribution in [3.8, 4) is 5.75 Å². The number of benzene rings is 1. The first kappa shape index (κ1) is 20.2. The van der Waals surface area contributed by atoms with Gasteiger partial charge in [-0.25, -0.2) is 0 Å². The van der Waals surface area contributed by atoms with Crippen LogP contribution in [0.2, 0.25) is 0 Å². The van der Waals surface area contributed by atoms with Gasteiger partial charge < -0.3 is 24.2 Å². The Balaban J connectivity index is 1.88. The van der Waals surface area contributed by atoms with Crippen LogP contribution < -0.4 is 4.74 Å². The smallest absolute Gasteiger partial charge is 0.317 e. The SMILES string of the molecule is COCCOc1ccc(C(=O)N2CCOC(CN(C)CC(=O)O)C2)cc1. The van der Waals surface area contributed by atoms with E-state index >= 15 is 0 Å². The summed E-state index contributed by atoms with van der Waals surface area (Å²) in [6.07, 6.45) is -0.200. The number of amides is 1. The second kappa shape index (κ2) is 10.1. The molecule has 1 amide bonds. The Labute approximate surface area is 153 Å². The van der Waals surface area contributed by atoms with Crippen LogP contribution in [-0.2, 0) is 14.3 Å². The van der Waals surface area contributed by atoms with Gasteiger partial charge in [-0.3, -0.25) is 14.5 Å². The summed E-state index contributed by atoms with van der Waals surface area (Å²) in [5.41, 5.74) is 0.587. The largest absolute Gasteiger partial charge is 0.491 e. The molecule has 1 unspecified atom stereocenters. The minimum Gasteiger partial charge on any atom is -0.491 e. The maximum atomic E-state index is 12.7. The molecule has 8 nitrogen and oxygen atoms in total. The van der Waals surface area contributed by atoms with Gasteiger partial charge in [0.25, 0.3) is 5.91 Å². The van der Waals surface area contributed by atoms with Crippen LogP contribution in [0.25, 0.3) is 0 Å². The molecule has 1 fully saturated rings. The molecule has 1 aromatic rings. The van der Waals surface area contributed by atoms with Gasteiger partial charge in [0, 0.05) is 32.3 Å². The van der Waals surface area contributed by atoms with Crippen molar-refractivity contribution < 1.29 is 28.9 Å². The van der Waals surface area contributed by atoms with Crippen molar-refractivity contribution in [1.82, 2.24) is 9.80 Å². The van der Waals surface area contributed by atoms with Crippen LogP contribution in [0, 0.1) is 0 Å². The van der Waals surface area contributed by atoms with E-state index in [2.05, 4.69) is 0 Å². The maximum Gasteiger partial charge on any atom is 0.317 e. The van der Waals surface area contributed by atoms with Crippen molar-refractivity contribution in [2.75, 3.05) is 60.2 Å². The molecular formula is C18H26N2O6. The summed E-state index contributed by atoms with van der Waals surface area (Å²) in [6.45, 7) is 2.76. The Kier molecular flexibility index (Phi) is 7.83. The topological polar surface area (TPSA) is 88.5 Å². The number of hydrogen-bond acceptors (Lipinski definition) is 6. The van der Waals surface area contributed by atoms with Crippen molar-refractivity contribution in [1.29, 1.82) is 0 Å². The molecule has 1 aromatic carbocycles. The molecule has 26 heavy (non-hydrogen) atoms. The number of carboxylic acids is 1. The van der Waals surface area contributed by atoms with Crippen molar-refractivity contribution >= 4 is 11.9 Å². The van der Waals surface area contributed by atoms with Crippen molar-refractivity contribution in [2.45, 2.75) is 6.10 Å². The van der Waals surface area contributed by atoms with E-state index in [9.17, 15) is 9.59 Å². The number of carboxylic acid groups (broad SMARTS) is 1. The molecular weight excluding hydrogens is 340 g/mol. The molecule has 2 rings (SSSR count). The van der Waals surface area contributed by atoms with Gasteiger partial charge in [0.15, 0.2) is 0 Å². The van der Waals surface area contributed by atoms with Gasteiger partial charge in [-0.15, -0.1) is 0 Å². The number of rotatable bonds is 9. The molecule has 0 aliphatic carbocycles. The molecule has 0 bridgehead atoms. The van der Waals surface area contributed by atoms with E-state index in [1.165, 1.54) is 0 Å². The standard InChI is InChI=1S/C18H26N2O6/c1-19(13-17(21)22)11-16-12-20(7-8-25-16)18(23)14-3-5-15(6-4-14)26-10-9-24-2/h3-6,16H,7-13H2,1-2H3,(H,21,22). The molecule has 0 spiro atoms. The van der Waals surface area contributed by atoms with Crippen LogP contribution in [0.3, 0.4) is 0 Å². The lowest BCUT2D eigenvalue weighted by Crippen LogP contribution is -2.49. The van der Waals surface area contributed by atoms with E-state index < -0.39 is 5.97 Å². The highest BCUT2D eigenvalue weighted by Gasteiger charge is 2.26. The Morgan fingerprint density at radius 3 is 2.69 bits per heavy atom. The molecule has 0 saturated carbocycles. The van der Waals surface area contributed by atoms with Crippen LogP contribution in [-0.4, -0.2) is 93.0 Å². The van der Waals surface area contributed by atoms with E-state index in [0.29, 0.717) is 50.8 Å². The summed E-state index contributed by atoms with van der Waals surface area (Å²) < 4.78 is 16.1. The Hall–Kier alpha value is -2.16. The maximum absolute atomic E-state index is 12.7. The van der Waals surface area contributed by atoms with E-state index in [-0.39, 0.29) is 18.6 Å². The summed E-state index contributed by atoms with van der Waals surface area (Å²) in [6, 6.07) is 7.01. The number of carbonyl (C=O) groups is 2. The number of ether oxygens (including phenoxy) is 3. The first-order valence-electron chi connectivity index (χ1n) is 8.52. The predicted molar refractivity (Wildman–Crippen MR) is 94.6 cm³/mol. The number of likely N-dealkylation sites (N-methyl/N-ethyl adjacent to an activating group) is 1. The minimum absolute atomic E-state index is 0.0572. The third-order valence-corrected chi connectivity index (χ3v) is 4.00. The van der Waals surface area contributed by atoms with E-state index in [0.717, 1.165) is 0 Å². The van der Waals surface area contributed by atoms with Gasteiger partial charge in [-0.1, -0.05) is 0 Å². The lowest BCUT2D eigenvalue weighted by atomic mass is 10.1. The lowest BCUT2D eigenvalue weighted by Gasteiger charge is -2.34. The molecule has 1 aliphatic heterocycles. The lowest BCUT2D eigenvalue weighted by molar-refractivity contribution is -0.138. The van der Waals surface area contributed by atoms with Crippen molar-refractivity contribution in [2.24, 2.45) is 0 Å². The number of carbonyl (C=O) groups excluding carboxylic acids is 1. The predicted octanol–water partition coefficient (Wildman–Crippen LogP) is 0.569. The van der Waals surface area contributed by atoms with Crippen LogP contribution >= 0.6 is 0 Å². The normalized spacial score (nSPS) is 17.3. The van der Waals surface area contributed by atoms with Gasteiger partial charge in [-0.2, -0.15) is 0 Å². The van der Waals surface area contributed by atoms with Gasteiger partial charge in [0.2, 0.25) is 0 Å². The molecule has 144 valence electrons. The quantitative estimate of drug-likeness (QED) is 0.639. The molecule has 0 radical (unpaired) electrons. The van der Waals surface area contributed by atoms with E-state index in [1.807, 2.05) is 0 Å². The minimum atomic E-state index is -0.885. The Morgan fingerprint density at radius 1 is 1.31 bits per heavy atom. The van der Waals surface area contributed by atoms with E-state index in [1.54, 1.807) is 48.2 Å². The molecule has 1 atom stereocenters.